The number of nitro groups is 1. The molecule has 8 heteroatoms. The second-order valence-corrected chi connectivity index (χ2v) is 4.19. The van der Waals surface area contributed by atoms with Crippen molar-refractivity contribution in [1.29, 1.82) is 0 Å². The highest BCUT2D eigenvalue weighted by atomic mass is 35.5. The molecule has 0 atom stereocenters. The molecule has 2 rings (SSSR count). The van der Waals surface area contributed by atoms with Crippen molar-refractivity contribution in [3.05, 3.63) is 56.7 Å². The highest BCUT2D eigenvalue weighted by Gasteiger charge is 2.25. The van der Waals surface area contributed by atoms with Gasteiger partial charge in [0.1, 0.15) is 0 Å². The van der Waals surface area contributed by atoms with Crippen LogP contribution in [0.5, 0.6) is 0 Å². The van der Waals surface area contributed by atoms with Crippen LogP contribution in [-0.4, -0.2) is 25.8 Å². The van der Waals surface area contributed by atoms with E-state index in [9.17, 15) is 14.9 Å². The number of carboxylic acid groups (broad SMARTS) is 1. The molecule has 0 aliphatic rings. The lowest BCUT2D eigenvalue weighted by atomic mass is 10.2. The summed E-state index contributed by atoms with van der Waals surface area (Å²) >= 11 is 5.74. The maximum Gasteiger partial charge on any atom is 0.404 e. The van der Waals surface area contributed by atoms with E-state index in [0.717, 1.165) is 11.8 Å². The van der Waals surface area contributed by atoms with Crippen molar-refractivity contribution < 1.29 is 14.8 Å². The molecule has 0 unspecified atom stereocenters. The van der Waals surface area contributed by atoms with Gasteiger partial charge in [-0.1, -0.05) is 23.7 Å². The number of aromatic carboxylic acids is 1. The SMILES string of the molecule is O=C(O)c1cn(Cc2ccc(Cl)cc2)nc1[N+](=O)[O-]. The Balaban J connectivity index is 2.31. The summed E-state index contributed by atoms with van der Waals surface area (Å²) in [6, 6.07) is 6.81. The minimum absolute atomic E-state index is 0.227. The van der Waals surface area contributed by atoms with Crippen LogP contribution in [0.25, 0.3) is 0 Å². The van der Waals surface area contributed by atoms with E-state index >= 15 is 0 Å². The molecule has 0 saturated carbocycles. The van der Waals surface area contributed by atoms with Gasteiger partial charge in [-0.15, -0.1) is 0 Å². The first-order chi connectivity index (χ1) is 8.97. The van der Waals surface area contributed by atoms with Gasteiger partial charge in [-0.3, -0.25) is 0 Å². The molecule has 0 radical (unpaired) electrons. The van der Waals surface area contributed by atoms with Gasteiger partial charge in [0.2, 0.25) is 0 Å². The Labute approximate surface area is 112 Å². The van der Waals surface area contributed by atoms with Crippen molar-refractivity contribution in [3.63, 3.8) is 0 Å². The van der Waals surface area contributed by atoms with Gasteiger partial charge >= 0.3 is 11.8 Å². The van der Waals surface area contributed by atoms with Gasteiger partial charge in [0, 0.05) is 5.02 Å². The van der Waals surface area contributed by atoms with Gasteiger partial charge in [-0.25, -0.2) is 4.79 Å². The normalized spacial score (nSPS) is 10.4. The van der Waals surface area contributed by atoms with Crippen molar-refractivity contribution in [3.8, 4) is 0 Å². The second-order valence-electron chi connectivity index (χ2n) is 3.75. The third kappa shape index (κ3) is 2.89. The summed E-state index contributed by atoms with van der Waals surface area (Å²) in [5, 5.41) is 23.8. The number of hydrogen-bond acceptors (Lipinski definition) is 4. The minimum atomic E-state index is -1.38. The van der Waals surface area contributed by atoms with E-state index < -0.39 is 22.3 Å². The monoisotopic (exact) mass is 281 g/mol. The number of carbonyl (C=O) groups is 1. The first-order valence-corrected chi connectivity index (χ1v) is 5.55. The zero-order chi connectivity index (χ0) is 14.0. The van der Waals surface area contributed by atoms with Crippen LogP contribution in [0, 0.1) is 10.1 Å². The summed E-state index contributed by atoms with van der Waals surface area (Å²) in [5.41, 5.74) is 0.373. The lowest BCUT2D eigenvalue weighted by Gasteiger charge is -1.98. The number of hydrogen-bond donors (Lipinski definition) is 1. The fraction of sp³-hybridized carbons (Fsp3) is 0.0909. The zero-order valence-corrected chi connectivity index (χ0v) is 10.2. The molecule has 1 aromatic carbocycles. The van der Waals surface area contributed by atoms with E-state index in [-0.39, 0.29) is 6.54 Å². The van der Waals surface area contributed by atoms with Crippen molar-refractivity contribution in [2.24, 2.45) is 0 Å². The van der Waals surface area contributed by atoms with Crippen LogP contribution in [0.1, 0.15) is 15.9 Å². The van der Waals surface area contributed by atoms with Crippen LogP contribution in [0.3, 0.4) is 0 Å². The van der Waals surface area contributed by atoms with Gasteiger partial charge in [-0.2, -0.15) is 4.68 Å². The largest absolute Gasteiger partial charge is 0.477 e. The summed E-state index contributed by atoms with van der Waals surface area (Å²) in [5.74, 6) is -2.05. The summed E-state index contributed by atoms with van der Waals surface area (Å²) in [7, 11) is 0. The predicted molar refractivity (Wildman–Crippen MR) is 66.4 cm³/mol. The van der Waals surface area contributed by atoms with E-state index in [1.165, 1.54) is 4.68 Å². The molecule has 98 valence electrons. The number of carboxylic acids is 1. The molecule has 2 aromatic rings. The molecule has 1 aromatic heterocycles. The van der Waals surface area contributed by atoms with Crippen LogP contribution in [0.15, 0.2) is 30.5 Å². The maximum atomic E-state index is 10.9. The van der Waals surface area contributed by atoms with Gasteiger partial charge in [0.25, 0.3) is 0 Å². The van der Waals surface area contributed by atoms with Crippen molar-refractivity contribution in [2.75, 3.05) is 0 Å². The third-order valence-corrected chi connectivity index (χ3v) is 2.66. The van der Waals surface area contributed by atoms with E-state index in [2.05, 4.69) is 5.10 Å². The Morgan fingerprint density at radius 1 is 1.42 bits per heavy atom. The van der Waals surface area contributed by atoms with Crippen LogP contribution >= 0.6 is 11.6 Å². The molecular formula is C11H8ClN3O4. The molecule has 0 bridgehead atoms. The lowest BCUT2D eigenvalue weighted by molar-refractivity contribution is -0.390. The number of benzene rings is 1. The highest BCUT2D eigenvalue weighted by molar-refractivity contribution is 6.30. The molecule has 1 N–H and O–H groups in total. The molecule has 0 amide bonds. The first-order valence-electron chi connectivity index (χ1n) is 5.17. The summed E-state index contributed by atoms with van der Waals surface area (Å²) in [6.45, 7) is 0.227. The average Bonchev–Trinajstić information content (AvgIpc) is 2.76. The summed E-state index contributed by atoms with van der Waals surface area (Å²) < 4.78 is 1.21. The van der Waals surface area contributed by atoms with Crippen LogP contribution in [0.4, 0.5) is 5.82 Å². The Kier molecular flexibility index (Phi) is 3.48. The molecular weight excluding hydrogens is 274 g/mol. The first kappa shape index (κ1) is 13.0. The highest BCUT2D eigenvalue weighted by Crippen LogP contribution is 2.17. The van der Waals surface area contributed by atoms with Gasteiger partial charge < -0.3 is 15.2 Å². The van der Waals surface area contributed by atoms with E-state index in [1.807, 2.05) is 0 Å². The minimum Gasteiger partial charge on any atom is -0.477 e. The van der Waals surface area contributed by atoms with Crippen LogP contribution in [-0.2, 0) is 6.54 Å². The zero-order valence-electron chi connectivity index (χ0n) is 9.49. The van der Waals surface area contributed by atoms with Crippen molar-refractivity contribution in [2.45, 2.75) is 6.54 Å². The summed E-state index contributed by atoms with van der Waals surface area (Å²) in [4.78, 5) is 20.7. The predicted octanol–water partition coefficient (Wildman–Crippen LogP) is 2.19. The standard InChI is InChI=1S/C11H8ClN3O4/c12-8-3-1-7(2-4-8)5-14-6-9(11(16)17)10(13-14)15(18)19/h1-4,6H,5H2,(H,16,17). The Hall–Kier alpha value is -2.41. The number of halogens is 1. The Morgan fingerprint density at radius 2 is 2.05 bits per heavy atom. The Bertz CT molecular complexity index is 604. The lowest BCUT2D eigenvalue weighted by Crippen LogP contribution is -2.01. The van der Waals surface area contributed by atoms with Crippen LogP contribution < -0.4 is 0 Å². The second kappa shape index (κ2) is 5.07. The summed E-state index contributed by atoms with van der Waals surface area (Å²) in [6.07, 6.45) is 1.13. The van der Waals surface area contributed by atoms with E-state index in [4.69, 9.17) is 16.7 Å². The smallest absolute Gasteiger partial charge is 0.404 e. The van der Waals surface area contributed by atoms with Crippen LogP contribution in [0.2, 0.25) is 5.02 Å². The van der Waals surface area contributed by atoms with Crippen molar-refractivity contribution >= 4 is 23.4 Å². The topological polar surface area (TPSA) is 98.3 Å². The molecule has 7 nitrogen and oxygen atoms in total. The average molecular weight is 282 g/mol. The molecule has 0 aliphatic carbocycles. The van der Waals surface area contributed by atoms with Crippen molar-refractivity contribution in [1.82, 2.24) is 9.78 Å². The van der Waals surface area contributed by atoms with Gasteiger partial charge in [0.05, 0.1) is 17.8 Å². The number of aromatic nitrogens is 2. The quantitative estimate of drug-likeness (QED) is 0.684. The molecule has 1 heterocycles. The fourth-order valence-corrected chi connectivity index (χ4v) is 1.68. The third-order valence-electron chi connectivity index (χ3n) is 2.40. The maximum absolute atomic E-state index is 10.9. The van der Waals surface area contributed by atoms with Gasteiger partial charge in [-0.05, 0) is 22.6 Å². The van der Waals surface area contributed by atoms with E-state index in [1.54, 1.807) is 24.3 Å². The van der Waals surface area contributed by atoms with Gasteiger partial charge in [0.15, 0.2) is 5.56 Å². The molecule has 0 spiro atoms. The number of nitrogens with zero attached hydrogens (tertiary/aromatic N) is 3. The Morgan fingerprint density at radius 3 is 2.53 bits per heavy atom. The molecule has 19 heavy (non-hydrogen) atoms. The molecule has 0 saturated heterocycles. The van der Waals surface area contributed by atoms with E-state index in [0.29, 0.717) is 5.02 Å². The molecule has 0 fully saturated rings. The fourth-order valence-electron chi connectivity index (χ4n) is 1.55. The number of rotatable bonds is 4. The molecule has 0 aliphatic heterocycles.